The summed E-state index contributed by atoms with van der Waals surface area (Å²) < 4.78 is 0. The van der Waals surface area contributed by atoms with Gasteiger partial charge in [0.2, 0.25) is 0 Å². The summed E-state index contributed by atoms with van der Waals surface area (Å²) in [4.78, 5) is 23.9. The zero-order chi connectivity index (χ0) is 17.3. The maximum atomic E-state index is 12.2. The van der Waals surface area contributed by atoms with Crippen LogP contribution in [0.4, 0.5) is 11.4 Å². The van der Waals surface area contributed by atoms with Gasteiger partial charge < -0.3 is 10.0 Å². The van der Waals surface area contributed by atoms with Gasteiger partial charge in [0.15, 0.2) is 5.71 Å². The number of phenolic OH excluding ortho intramolecular Hbond substituents is 1. The number of para-hydroxylation sites is 1. The molecule has 0 spiro atoms. The van der Waals surface area contributed by atoms with Gasteiger partial charge in [-0.15, -0.1) is 5.10 Å². The number of fused-ring (bicyclic) bond motifs is 1. The number of phenols is 1. The first-order chi connectivity index (χ1) is 11.5. The number of amides is 1. The highest BCUT2D eigenvalue weighted by Gasteiger charge is 2.30. The average Bonchev–Trinajstić information content (AvgIpc) is 2.81. The number of carbonyl (C=O) groups excluding carboxylic acids is 1. The van der Waals surface area contributed by atoms with Gasteiger partial charge in [-0.1, -0.05) is 18.2 Å². The third kappa shape index (κ3) is 2.60. The molecule has 0 aromatic heterocycles. The van der Waals surface area contributed by atoms with E-state index in [-0.39, 0.29) is 28.6 Å². The summed E-state index contributed by atoms with van der Waals surface area (Å²) in [5.74, 6) is -0.462. The lowest BCUT2D eigenvalue weighted by Crippen LogP contribution is -2.25. The first kappa shape index (κ1) is 15.3. The molecule has 24 heavy (non-hydrogen) atoms. The number of anilines is 1. The van der Waals surface area contributed by atoms with Crippen LogP contribution in [-0.2, 0) is 4.79 Å². The van der Waals surface area contributed by atoms with Gasteiger partial charge in [-0.2, -0.15) is 5.10 Å². The standard InChI is InChI=1S/C16H12N4O4/c1-19-13-5-3-2-4-12(13)15(16(19)22)18-17-9-10-8-11(20(23)24)6-7-14(10)21/h2-9,21H,1H3. The van der Waals surface area contributed by atoms with Crippen molar-refractivity contribution in [1.82, 2.24) is 0 Å². The number of likely N-dealkylation sites (N-methyl/N-ethyl adjacent to an activating group) is 1. The van der Waals surface area contributed by atoms with Crippen molar-refractivity contribution in [2.75, 3.05) is 11.9 Å². The number of hydrogen-bond acceptors (Lipinski definition) is 6. The number of nitro groups is 1. The Morgan fingerprint density at radius 3 is 2.75 bits per heavy atom. The molecule has 0 radical (unpaired) electrons. The Hall–Kier alpha value is -3.55. The van der Waals surface area contributed by atoms with E-state index in [1.807, 2.05) is 6.07 Å². The number of carbonyl (C=O) groups is 1. The van der Waals surface area contributed by atoms with Crippen molar-refractivity contribution in [3.05, 3.63) is 63.7 Å². The molecule has 0 bridgehead atoms. The zero-order valence-corrected chi connectivity index (χ0v) is 12.6. The summed E-state index contributed by atoms with van der Waals surface area (Å²) in [5.41, 5.74) is 1.53. The highest BCUT2D eigenvalue weighted by Crippen LogP contribution is 2.27. The van der Waals surface area contributed by atoms with Crippen molar-refractivity contribution >= 4 is 29.2 Å². The number of nitro benzene ring substituents is 1. The third-order valence-electron chi connectivity index (χ3n) is 3.60. The lowest BCUT2D eigenvalue weighted by atomic mass is 10.1. The maximum Gasteiger partial charge on any atom is 0.279 e. The molecule has 0 saturated carbocycles. The Balaban J connectivity index is 1.94. The van der Waals surface area contributed by atoms with E-state index in [0.717, 1.165) is 5.69 Å². The van der Waals surface area contributed by atoms with Gasteiger partial charge >= 0.3 is 0 Å². The predicted molar refractivity (Wildman–Crippen MR) is 88.7 cm³/mol. The van der Waals surface area contributed by atoms with Crippen molar-refractivity contribution in [3.63, 3.8) is 0 Å². The molecule has 0 atom stereocenters. The van der Waals surface area contributed by atoms with Crippen LogP contribution in [-0.4, -0.2) is 34.9 Å². The van der Waals surface area contributed by atoms with Crippen LogP contribution < -0.4 is 4.90 Å². The first-order valence-electron chi connectivity index (χ1n) is 6.95. The van der Waals surface area contributed by atoms with Crippen LogP contribution in [0.1, 0.15) is 11.1 Å². The molecule has 3 rings (SSSR count). The van der Waals surface area contributed by atoms with Crippen LogP contribution in [0.5, 0.6) is 5.75 Å². The normalized spacial score (nSPS) is 15.3. The van der Waals surface area contributed by atoms with E-state index >= 15 is 0 Å². The fourth-order valence-electron chi connectivity index (χ4n) is 2.35. The number of aromatic hydroxyl groups is 1. The van der Waals surface area contributed by atoms with E-state index < -0.39 is 4.92 Å². The highest BCUT2D eigenvalue weighted by molar-refractivity contribution is 6.54. The fourth-order valence-corrected chi connectivity index (χ4v) is 2.35. The van der Waals surface area contributed by atoms with Gasteiger partial charge in [-0.3, -0.25) is 14.9 Å². The molecule has 0 aliphatic carbocycles. The minimum absolute atomic E-state index is 0.139. The molecule has 2 aromatic rings. The summed E-state index contributed by atoms with van der Waals surface area (Å²) >= 11 is 0. The van der Waals surface area contributed by atoms with E-state index in [1.54, 1.807) is 25.2 Å². The summed E-state index contributed by atoms with van der Waals surface area (Å²) in [6.45, 7) is 0. The summed E-state index contributed by atoms with van der Waals surface area (Å²) in [6.07, 6.45) is 1.17. The second-order valence-electron chi connectivity index (χ2n) is 5.07. The molecule has 0 fully saturated rings. The van der Waals surface area contributed by atoms with Crippen molar-refractivity contribution in [2.45, 2.75) is 0 Å². The van der Waals surface area contributed by atoms with Gasteiger partial charge in [0.25, 0.3) is 11.6 Å². The summed E-state index contributed by atoms with van der Waals surface area (Å²) in [6, 6.07) is 10.7. The Bertz CT molecular complexity index is 905. The molecule has 1 N–H and O–H groups in total. The topological polar surface area (TPSA) is 108 Å². The van der Waals surface area contributed by atoms with E-state index in [1.165, 1.54) is 29.3 Å². The van der Waals surface area contributed by atoms with E-state index in [2.05, 4.69) is 10.2 Å². The Labute approximate surface area is 136 Å². The largest absolute Gasteiger partial charge is 0.507 e. The summed E-state index contributed by atoms with van der Waals surface area (Å²) in [7, 11) is 1.64. The Kier molecular flexibility index (Phi) is 3.78. The molecule has 0 saturated heterocycles. The van der Waals surface area contributed by atoms with Crippen molar-refractivity contribution < 1.29 is 14.8 Å². The Morgan fingerprint density at radius 1 is 1.25 bits per heavy atom. The molecule has 2 aromatic carbocycles. The quantitative estimate of drug-likeness (QED) is 0.529. The van der Waals surface area contributed by atoms with Gasteiger partial charge in [0, 0.05) is 30.3 Å². The minimum atomic E-state index is -0.575. The van der Waals surface area contributed by atoms with Gasteiger partial charge in [-0.25, -0.2) is 0 Å². The Morgan fingerprint density at radius 2 is 2.00 bits per heavy atom. The van der Waals surface area contributed by atoms with Crippen LogP contribution in [0.3, 0.4) is 0 Å². The number of benzene rings is 2. The predicted octanol–water partition coefficient (Wildman–Crippen LogP) is 2.10. The van der Waals surface area contributed by atoms with E-state index in [9.17, 15) is 20.0 Å². The number of non-ortho nitro benzene ring substituents is 1. The molecule has 120 valence electrons. The van der Waals surface area contributed by atoms with Gasteiger partial charge in [0.05, 0.1) is 16.8 Å². The lowest BCUT2D eigenvalue weighted by Gasteiger charge is -2.07. The first-order valence-corrected chi connectivity index (χ1v) is 6.95. The number of nitrogens with zero attached hydrogens (tertiary/aromatic N) is 4. The SMILES string of the molecule is CN1C(=O)C(=NN=Cc2cc([N+](=O)[O-])ccc2O)c2ccccc21. The molecule has 1 amide bonds. The molecular weight excluding hydrogens is 312 g/mol. The van der Waals surface area contributed by atoms with Crippen molar-refractivity contribution in [3.8, 4) is 5.75 Å². The smallest absolute Gasteiger partial charge is 0.279 e. The summed E-state index contributed by atoms with van der Waals surface area (Å²) in [5, 5.41) is 28.2. The van der Waals surface area contributed by atoms with Crippen LogP contribution in [0.25, 0.3) is 0 Å². The molecule has 1 aliphatic rings. The monoisotopic (exact) mass is 324 g/mol. The van der Waals surface area contributed by atoms with Crippen LogP contribution >= 0.6 is 0 Å². The third-order valence-corrected chi connectivity index (χ3v) is 3.60. The molecule has 8 nitrogen and oxygen atoms in total. The van der Waals surface area contributed by atoms with Crippen LogP contribution in [0, 0.1) is 10.1 Å². The minimum Gasteiger partial charge on any atom is -0.507 e. The molecule has 1 heterocycles. The van der Waals surface area contributed by atoms with Gasteiger partial charge in [-0.05, 0) is 12.1 Å². The maximum absolute atomic E-state index is 12.2. The molecule has 0 unspecified atom stereocenters. The van der Waals surface area contributed by atoms with E-state index in [0.29, 0.717) is 5.56 Å². The lowest BCUT2D eigenvalue weighted by molar-refractivity contribution is -0.384. The average molecular weight is 324 g/mol. The fraction of sp³-hybridized carbons (Fsp3) is 0.0625. The zero-order valence-electron chi connectivity index (χ0n) is 12.6. The molecule has 8 heteroatoms. The second-order valence-corrected chi connectivity index (χ2v) is 5.07. The molecule has 1 aliphatic heterocycles. The van der Waals surface area contributed by atoms with Crippen molar-refractivity contribution in [1.29, 1.82) is 0 Å². The highest BCUT2D eigenvalue weighted by atomic mass is 16.6. The number of hydrogen-bond donors (Lipinski definition) is 1. The number of rotatable bonds is 3. The molecular formula is C16H12N4O4. The second kappa shape index (κ2) is 5.92. The van der Waals surface area contributed by atoms with Crippen LogP contribution in [0.2, 0.25) is 0 Å². The van der Waals surface area contributed by atoms with Crippen LogP contribution in [0.15, 0.2) is 52.7 Å². The van der Waals surface area contributed by atoms with E-state index in [4.69, 9.17) is 0 Å². The van der Waals surface area contributed by atoms with Gasteiger partial charge in [0.1, 0.15) is 5.75 Å². The van der Waals surface area contributed by atoms with Crippen molar-refractivity contribution in [2.24, 2.45) is 10.2 Å².